The summed E-state index contributed by atoms with van der Waals surface area (Å²) in [5.41, 5.74) is 5.26. The van der Waals surface area contributed by atoms with E-state index in [2.05, 4.69) is 0 Å². The van der Waals surface area contributed by atoms with Crippen LogP contribution in [0.2, 0.25) is 0 Å². The number of rotatable bonds is 1. The SMILES string of the molecule is O=C1c2ccccc2C(=S)c2ccc(-c3ccccc3)cc21. The summed E-state index contributed by atoms with van der Waals surface area (Å²) in [4.78, 5) is 13.5. The molecule has 104 valence electrons. The third-order valence-electron chi connectivity index (χ3n) is 4.03. The maximum atomic E-state index is 12.8. The highest BCUT2D eigenvalue weighted by molar-refractivity contribution is 7.81. The molecule has 3 aromatic rings. The van der Waals surface area contributed by atoms with Gasteiger partial charge in [0.25, 0.3) is 0 Å². The third kappa shape index (κ3) is 1.92. The van der Waals surface area contributed by atoms with Crippen LogP contribution in [0.1, 0.15) is 27.0 Å². The molecule has 0 radical (unpaired) electrons. The fourth-order valence-electron chi connectivity index (χ4n) is 2.91. The van der Waals surface area contributed by atoms with Gasteiger partial charge in [-0.2, -0.15) is 0 Å². The second-order valence-electron chi connectivity index (χ2n) is 5.33. The molecule has 0 unspecified atom stereocenters. The minimum atomic E-state index is 0.0528. The van der Waals surface area contributed by atoms with Gasteiger partial charge in [-0.3, -0.25) is 4.79 Å². The van der Waals surface area contributed by atoms with E-state index in [-0.39, 0.29) is 5.78 Å². The lowest BCUT2D eigenvalue weighted by atomic mass is 9.83. The van der Waals surface area contributed by atoms with Crippen LogP contribution in [-0.4, -0.2) is 10.6 Å². The highest BCUT2D eigenvalue weighted by atomic mass is 32.1. The van der Waals surface area contributed by atoms with Crippen LogP contribution in [0, 0.1) is 0 Å². The molecule has 1 aliphatic rings. The number of fused-ring (bicyclic) bond motifs is 2. The van der Waals surface area contributed by atoms with E-state index in [4.69, 9.17) is 12.2 Å². The molecular formula is C20H12OS. The normalized spacial score (nSPS) is 12.7. The molecule has 3 aromatic carbocycles. The van der Waals surface area contributed by atoms with Gasteiger partial charge < -0.3 is 0 Å². The van der Waals surface area contributed by atoms with Gasteiger partial charge in [-0.25, -0.2) is 0 Å². The number of carbonyl (C=O) groups excluding carboxylic acids is 1. The Bertz CT molecular complexity index is 910. The molecule has 4 rings (SSSR count). The molecule has 0 aliphatic heterocycles. The van der Waals surface area contributed by atoms with E-state index >= 15 is 0 Å². The largest absolute Gasteiger partial charge is 0.289 e. The van der Waals surface area contributed by atoms with Crippen LogP contribution in [0.25, 0.3) is 11.1 Å². The predicted molar refractivity (Wildman–Crippen MR) is 92.6 cm³/mol. The van der Waals surface area contributed by atoms with Crippen molar-refractivity contribution in [2.24, 2.45) is 0 Å². The number of benzene rings is 3. The molecular weight excluding hydrogens is 288 g/mol. The van der Waals surface area contributed by atoms with Crippen LogP contribution in [0.5, 0.6) is 0 Å². The number of hydrogen-bond acceptors (Lipinski definition) is 2. The summed E-state index contributed by atoms with van der Waals surface area (Å²) >= 11 is 5.58. The van der Waals surface area contributed by atoms with E-state index in [9.17, 15) is 4.79 Å². The first kappa shape index (κ1) is 13.1. The van der Waals surface area contributed by atoms with Crippen molar-refractivity contribution in [1.82, 2.24) is 0 Å². The Morgan fingerprint density at radius 3 is 2.00 bits per heavy atom. The van der Waals surface area contributed by atoms with Crippen molar-refractivity contribution in [2.75, 3.05) is 0 Å². The molecule has 1 nitrogen and oxygen atoms in total. The maximum Gasteiger partial charge on any atom is 0.194 e. The molecule has 0 atom stereocenters. The second kappa shape index (κ2) is 5.00. The Kier molecular flexibility index (Phi) is 2.98. The van der Waals surface area contributed by atoms with Crippen molar-refractivity contribution in [2.45, 2.75) is 0 Å². The Labute approximate surface area is 134 Å². The minimum absolute atomic E-state index is 0.0528. The molecule has 1 aliphatic carbocycles. The van der Waals surface area contributed by atoms with Crippen molar-refractivity contribution in [3.8, 4) is 11.1 Å². The maximum absolute atomic E-state index is 12.8. The summed E-state index contributed by atoms with van der Waals surface area (Å²) in [5.74, 6) is 0.0528. The van der Waals surface area contributed by atoms with E-state index in [1.807, 2.05) is 72.8 Å². The monoisotopic (exact) mass is 300 g/mol. The first-order chi connectivity index (χ1) is 10.8. The lowest BCUT2D eigenvalue weighted by Gasteiger charge is -2.20. The molecule has 0 heterocycles. The molecule has 0 saturated carbocycles. The standard InChI is InChI=1S/C20H12OS/c21-19-15-8-4-5-9-16(15)20(22)17-11-10-14(12-18(17)19)13-6-2-1-3-7-13/h1-12H. The summed E-state index contributed by atoms with van der Waals surface area (Å²) in [5, 5.41) is 0. The lowest BCUT2D eigenvalue weighted by Crippen LogP contribution is -2.20. The van der Waals surface area contributed by atoms with Crippen LogP contribution < -0.4 is 0 Å². The van der Waals surface area contributed by atoms with E-state index in [0.29, 0.717) is 11.1 Å². The zero-order valence-corrected chi connectivity index (χ0v) is 12.6. The summed E-state index contributed by atoms with van der Waals surface area (Å²) < 4.78 is 0. The molecule has 0 saturated heterocycles. The van der Waals surface area contributed by atoms with E-state index < -0.39 is 0 Å². The highest BCUT2D eigenvalue weighted by Gasteiger charge is 2.26. The van der Waals surface area contributed by atoms with Crippen molar-refractivity contribution >= 4 is 22.9 Å². The highest BCUT2D eigenvalue weighted by Crippen LogP contribution is 2.31. The van der Waals surface area contributed by atoms with Crippen LogP contribution in [0.3, 0.4) is 0 Å². The van der Waals surface area contributed by atoms with Gasteiger partial charge in [0.1, 0.15) is 0 Å². The van der Waals surface area contributed by atoms with Gasteiger partial charge in [0.15, 0.2) is 5.78 Å². The van der Waals surface area contributed by atoms with Gasteiger partial charge in [0.05, 0.1) is 4.86 Å². The summed E-state index contributed by atoms with van der Waals surface area (Å²) in [6.45, 7) is 0. The van der Waals surface area contributed by atoms with E-state index in [0.717, 1.165) is 27.1 Å². The van der Waals surface area contributed by atoms with Crippen molar-refractivity contribution in [3.63, 3.8) is 0 Å². The van der Waals surface area contributed by atoms with Crippen LogP contribution in [-0.2, 0) is 0 Å². The number of carbonyl (C=O) groups is 1. The Morgan fingerprint density at radius 1 is 0.591 bits per heavy atom. The van der Waals surface area contributed by atoms with Gasteiger partial charge in [0.2, 0.25) is 0 Å². The van der Waals surface area contributed by atoms with Gasteiger partial charge in [-0.1, -0.05) is 78.9 Å². The number of hydrogen-bond donors (Lipinski definition) is 0. The Morgan fingerprint density at radius 2 is 1.23 bits per heavy atom. The first-order valence-electron chi connectivity index (χ1n) is 7.13. The zero-order chi connectivity index (χ0) is 15.1. The predicted octanol–water partition coefficient (Wildman–Crippen LogP) is 4.66. The van der Waals surface area contributed by atoms with E-state index in [1.165, 1.54) is 0 Å². The molecule has 0 spiro atoms. The molecule has 0 aromatic heterocycles. The molecule has 0 N–H and O–H groups in total. The van der Waals surface area contributed by atoms with Gasteiger partial charge in [0, 0.05) is 22.3 Å². The van der Waals surface area contributed by atoms with Crippen molar-refractivity contribution in [3.05, 3.63) is 95.1 Å². The van der Waals surface area contributed by atoms with Gasteiger partial charge in [-0.15, -0.1) is 0 Å². The Hall–Kier alpha value is -2.58. The van der Waals surface area contributed by atoms with Crippen LogP contribution >= 0.6 is 12.2 Å². The van der Waals surface area contributed by atoms with Crippen molar-refractivity contribution in [1.29, 1.82) is 0 Å². The van der Waals surface area contributed by atoms with E-state index in [1.54, 1.807) is 0 Å². The zero-order valence-electron chi connectivity index (χ0n) is 11.7. The van der Waals surface area contributed by atoms with Gasteiger partial charge >= 0.3 is 0 Å². The fraction of sp³-hybridized carbons (Fsp3) is 0. The first-order valence-corrected chi connectivity index (χ1v) is 7.54. The third-order valence-corrected chi connectivity index (χ3v) is 4.47. The summed E-state index contributed by atoms with van der Waals surface area (Å²) in [6.07, 6.45) is 0. The molecule has 22 heavy (non-hydrogen) atoms. The fourth-order valence-corrected chi connectivity index (χ4v) is 3.27. The average Bonchev–Trinajstić information content (AvgIpc) is 2.60. The average molecular weight is 300 g/mol. The molecule has 0 amide bonds. The lowest BCUT2D eigenvalue weighted by molar-refractivity contribution is 0.103. The number of ketones is 1. The number of thiocarbonyl (C=S) groups is 1. The summed E-state index contributed by atoms with van der Waals surface area (Å²) in [6, 6.07) is 23.6. The van der Waals surface area contributed by atoms with Crippen LogP contribution in [0.15, 0.2) is 72.8 Å². The minimum Gasteiger partial charge on any atom is -0.289 e. The van der Waals surface area contributed by atoms with Crippen molar-refractivity contribution < 1.29 is 4.79 Å². The topological polar surface area (TPSA) is 17.1 Å². The summed E-state index contributed by atoms with van der Waals surface area (Å²) in [7, 11) is 0. The molecule has 2 heteroatoms. The second-order valence-corrected chi connectivity index (χ2v) is 5.74. The quantitative estimate of drug-likeness (QED) is 0.475. The smallest absolute Gasteiger partial charge is 0.194 e. The van der Waals surface area contributed by atoms with Gasteiger partial charge in [-0.05, 0) is 17.2 Å². The molecule has 0 fully saturated rings. The van der Waals surface area contributed by atoms with Crippen LogP contribution in [0.4, 0.5) is 0 Å². The Balaban J connectivity index is 1.91. The molecule has 0 bridgehead atoms.